The molecule has 2 aromatic heterocycles. The monoisotopic (exact) mass is 414 g/mol. The molecule has 1 N–H and O–H groups in total. The first kappa shape index (κ1) is 18.7. The molecule has 0 saturated heterocycles. The number of hydrogen-bond donors (Lipinski definition) is 1. The lowest BCUT2D eigenvalue weighted by Gasteiger charge is -2.06. The molecule has 2 heterocycles. The van der Waals surface area contributed by atoms with E-state index in [0.717, 1.165) is 5.56 Å². The molecule has 0 amide bonds. The Morgan fingerprint density at radius 2 is 1.92 bits per heavy atom. The third kappa shape index (κ3) is 3.69. The van der Waals surface area contributed by atoms with Crippen LogP contribution in [0.2, 0.25) is 10.0 Å². The number of nitrogens with zero attached hydrogens (tertiary/aromatic N) is 5. The van der Waals surface area contributed by atoms with Crippen LogP contribution in [-0.2, 0) is 23.6 Å². The van der Waals surface area contributed by atoms with Crippen LogP contribution in [0.1, 0.15) is 17.0 Å². The van der Waals surface area contributed by atoms with Gasteiger partial charge in [0.1, 0.15) is 11.2 Å². The quantitative estimate of drug-likeness (QED) is 0.692. The molecule has 8 nitrogen and oxygen atoms in total. The molecule has 1 aromatic carbocycles. The van der Waals surface area contributed by atoms with Crippen molar-refractivity contribution in [3.63, 3.8) is 0 Å². The fourth-order valence-electron chi connectivity index (χ4n) is 2.56. The van der Waals surface area contributed by atoms with Crippen molar-refractivity contribution in [2.24, 2.45) is 7.05 Å². The molecule has 0 radical (unpaired) electrons. The van der Waals surface area contributed by atoms with Gasteiger partial charge in [0, 0.05) is 17.1 Å². The fourth-order valence-corrected chi connectivity index (χ4v) is 4.41. The Morgan fingerprint density at radius 3 is 2.54 bits per heavy atom. The van der Waals surface area contributed by atoms with E-state index in [4.69, 9.17) is 23.2 Å². The molecule has 0 unspecified atom stereocenters. The number of anilines is 1. The summed E-state index contributed by atoms with van der Waals surface area (Å²) >= 11 is 12.0. The number of benzene rings is 1. The molecule has 0 aliphatic carbocycles. The van der Waals surface area contributed by atoms with Gasteiger partial charge in [0.15, 0.2) is 0 Å². The van der Waals surface area contributed by atoms with Gasteiger partial charge in [0.05, 0.1) is 17.9 Å². The Kier molecular flexibility index (Phi) is 4.96. The molecule has 0 bridgehead atoms. The SMILES string of the molecule is Cc1nn(C)c(C)c1S(=O)(=O)Nc1ncn(Cc2ccc(Cl)cc2Cl)n1. The maximum absolute atomic E-state index is 12.6. The van der Waals surface area contributed by atoms with Crippen molar-refractivity contribution in [3.05, 3.63) is 51.5 Å². The van der Waals surface area contributed by atoms with Crippen LogP contribution >= 0.6 is 23.2 Å². The number of nitrogens with one attached hydrogen (secondary N) is 1. The van der Waals surface area contributed by atoms with E-state index < -0.39 is 10.0 Å². The second-order valence-electron chi connectivity index (χ2n) is 5.73. The minimum Gasteiger partial charge on any atom is -0.271 e. The first-order chi connectivity index (χ1) is 12.2. The maximum atomic E-state index is 12.6. The average Bonchev–Trinajstić information content (AvgIpc) is 3.06. The second-order valence-corrected chi connectivity index (χ2v) is 8.19. The zero-order chi connectivity index (χ0) is 19.1. The third-order valence-electron chi connectivity index (χ3n) is 3.82. The zero-order valence-corrected chi connectivity index (χ0v) is 16.6. The van der Waals surface area contributed by atoms with Crippen LogP contribution in [0.15, 0.2) is 29.4 Å². The summed E-state index contributed by atoms with van der Waals surface area (Å²) in [6.45, 7) is 3.65. The van der Waals surface area contributed by atoms with Gasteiger partial charge in [0.25, 0.3) is 16.0 Å². The van der Waals surface area contributed by atoms with Crippen LogP contribution in [-0.4, -0.2) is 33.0 Å². The van der Waals surface area contributed by atoms with Gasteiger partial charge in [-0.05, 0) is 31.5 Å². The second kappa shape index (κ2) is 6.90. The van der Waals surface area contributed by atoms with Gasteiger partial charge in [-0.3, -0.25) is 4.68 Å². The first-order valence-electron chi connectivity index (χ1n) is 7.54. The van der Waals surface area contributed by atoms with Crippen molar-refractivity contribution in [1.82, 2.24) is 24.5 Å². The molecule has 3 aromatic rings. The van der Waals surface area contributed by atoms with Crippen LogP contribution in [0.4, 0.5) is 5.95 Å². The van der Waals surface area contributed by atoms with Crippen molar-refractivity contribution >= 4 is 39.2 Å². The van der Waals surface area contributed by atoms with Gasteiger partial charge in [-0.15, -0.1) is 5.10 Å². The van der Waals surface area contributed by atoms with Crippen LogP contribution in [0.25, 0.3) is 0 Å². The van der Waals surface area contributed by atoms with Crippen molar-refractivity contribution in [2.75, 3.05) is 4.72 Å². The smallest absolute Gasteiger partial charge is 0.267 e. The van der Waals surface area contributed by atoms with E-state index in [-0.39, 0.29) is 10.8 Å². The molecule has 0 fully saturated rings. The Morgan fingerprint density at radius 1 is 1.19 bits per heavy atom. The molecule has 3 rings (SSSR count). The third-order valence-corrected chi connectivity index (χ3v) is 5.99. The zero-order valence-electron chi connectivity index (χ0n) is 14.2. The van der Waals surface area contributed by atoms with Crippen LogP contribution in [0.3, 0.4) is 0 Å². The lowest BCUT2D eigenvalue weighted by Crippen LogP contribution is -2.16. The van der Waals surface area contributed by atoms with Gasteiger partial charge in [-0.1, -0.05) is 29.3 Å². The molecule has 11 heteroatoms. The van der Waals surface area contributed by atoms with Crippen LogP contribution in [0.5, 0.6) is 0 Å². The van der Waals surface area contributed by atoms with Crippen molar-refractivity contribution < 1.29 is 8.42 Å². The lowest BCUT2D eigenvalue weighted by molar-refractivity contribution is 0.599. The van der Waals surface area contributed by atoms with Crippen molar-refractivity contribution in [2.45, 2.75) is 25.3 Å². The number of aromatic nitrogens is 5. The maximum Gasteiger partial charge on any atom is 0.267 e. The Labute approximate surface area is 160 Å². The predicted octanol–water partition coefficient (Wildman–Crippen LogP) is 2.78. The number of rotatable bonds is 5. The summed E-state index contributed by atoms with van der Waals surface area (Å²) in [5.74, 6) is -0.0299. The highest BCUT2D eigenvalue weighted by atomic mass is 35.5. The summed E-state index contributed by atoms with van der Waals surface area (Å²) in [5.41, 5.74) is 1.72. The van der Waals surface area contributed by atoms with E-state index in [2.05, 4.69) is 19.9 Å². The van der Waals surface area contributed by atoms with E-state index in [1.165, 1.54) is 15.7 Å². The summed E-state index contributed by atoms with van der Waals surface area (Å²) in [6, 6.07) is 5.13. The minimum atomic E-state index is -3.84. The van der Waals surface area contributed by atoms with Gasteiger partial charge in [-0.25, -0.2) is 17.8 Å². The van der Waals surface area contributed by atoms with Gasteiger partial charge >= 0.3 is 0 Å². The summed E-state index contributed by atoms with van der Waals surface area (Å²) in [6.07, 6.45) is 1.42. The molecule has 0 saturated carbocycles. The summed E-state index contributed by atoms with van der Waals surface area (Å²) in [5, 5.41) is 9.30. The molecule has 26 heavy (non-hydrogen) atoms. The summed E-state index contributed by atoms with van der Waals surface area (Å²) < 4.78 is 30.6. The molecular formula is C15H16Cl2N6O2S. The average molecular weight is 415 g/mol. The topological polar surface area (TPSA) is 94.7 Å². The van der Waals surface area contributed by atoms with Gasteiger partial charge < -0.3 is 0 Å². The molecule has 0 atom stereocenters. The molecule has 0 spiro atoms. The largest absolute Gasteiger partial charge is 0.271 e. The van der Waals surface area contributed by atoms with E-state index in [0.29, 0.717) is 28.0 Å². The molecular weight excluding hydrogens is 399 g/mol. The highest BCUT2D eigenvalue weighted by molar-refractivity contribution is 7.92. The van der Waals surface area contributed by atoms with Gasteiger partial charge in [0.2, 0.25) is 0 Å². The predicted molar refractivity (Wildman–Crippen MR) is 99.1 cm³/mol. The number of aryl methyl sites for hydroxylation is 2. The lowest BCUT2D eigenvalue weighted by atomic mass is 10.2. The van der Waals surface area contributed by atoms with E-state index in [1.807, 2.05) is 0 Å². The van der Waals surface area contributed by atoms with E-state index in [9.17, 15) is 8.42 Å². The highest BCUT2D eigenvalue weighted by Crippen LogP contribution is 2.23. The fraction of sp³-hybridized carbons (Fsp3) is 0.267. The summed E-state index contributed by atoms with van der Waals surface area (Å²) in [7, 11) is -2.16. The molecule has 0 aliphatic heterocycles. The number of sulfonamides is 1. The Bertz CT molecular complexity index is 1070. The summed E-state index contributed by atoms with van der Waals surface area (Å²) in [4.78, 5) is 4.12. The normalized spacial score (nSPS) is 11.7. The van der Waals surface area contributed by atoms with E-state index >= 15 is 0 Å². The minimum absolute atomic E-state index is 0.0299. The molecule has 0 aliphatic rings. The number of halogens is 2. The van der Waals surface area contributed by atoms with Crippen LogP contribution in [0, 0.1) is 13.8 Å². The first-order valence-corrected chi connectivity index (χ1v) is 9.77. The Hall–Kier alpha value is -2.10. The number of hydrogen-bond acceptors (Lipinski definition) is 5. The highest BCUT2D eigenvalue weighted by Gasteiger charge is 2.25. The Balaban J connectivity index is 1.82. The van der Waals surface area contributed by atoms with Gasteiger partial charge in [-0.2, -0.15) is 10.1 Å². The van der Waals surface area contributed by atoms with Crippen molar-refractivity contribution in [3.8, 4) is 0 Å². The standard InChI is InChI=1S/C15H16Cl2N6O2S/c1-9-14(10(2)22(3)19-9)26(24,25)21-15-18-8-23(20-15)7-11-4-5-12(16)6-13(11)17/h4-6,8H,7H2,1-3H3,(H,20,21). The van der Waals surface area contributed by atoms with E-state index in [1.54, 1.807) is 39.1 Å². The van der Waals surface area contributed by atoms with Crippen molar-refractivity contribution in [1.29, 1.82) is 0 Å². The van der Waals surface area contributed by atoms with Crippen LogP contribution < -0.4 is 4.72 Å². The molecule has 138 valence electrons.